The number of amides is 2. The number of benzene rings is 3. The molecule has 0 saturated heterocycles. The normalized spacial score (nSPS) is 10.3. The fourth-order valence-corrected chi connectivity index (χ4v) is 3.17. The lowest BCUT2D eigenvalue weighted by molar-refractivity contribution is -0.118. The predicted octanol–water partition coefficient (Wildman–Crippen LogP) is 4.01. The number of nitrogens with zero attached hydrogens (tertiary/aromatic N) is 1. The Bertz CT molecular complexity index is 1170. The Morgan fingerprint density at radius 3 is 2.26 bits per heavy atom. The second-order valence-electron chi connectivity index (χ2n) is 7.41. The molecule has 184 valence electrons. The van der Waals surface area contributed by atoms with Gasteiger partial charge in [0.15, 0.2) is 29.7 Å². The molecule has 1 N–H and O–H groups in total. The maximum Gasteiger partial charge on any atom is 0.262 e. The minimum Gasteiger partial charge on any atom is -0.495 e. The van der Waals surface area contributed by atoms with Crippen LogP contribution < -0.4 is 24.3 Å². The van der Waals surface area contributed by atoms with Gasteiger partial charge in [-0.1, -0.05) is 24.3 Å². The smallest absolute Gasteiger partial charge is 0.262 e. The van der Waals surface area contributed by atoms with Crippen LogP contribution in [0.5, 0.6) is 23.0 Å². The van der Waals surface area contributed by atoms with E-state index in [-0.39, 0.29) is 37.3 Å². The van der Waals surface area contributed by atoms with Crippen molar-refractivity contribution in [1.29, 1.82) is 0 Å². The van der Waals surface area contributed by atoms with Crippen LogP contribution in [0.2, 0.25) is 0 Å². The Morgan fingerprint density at radius 1 is 0.857 bits per heavy atom. The van der Waals surface area contributed by atoms with Crippen LogP contribution in [0.25, 0.3) is 0 Å². The molecule has 0 atom stereocenters. The number of likely N-dealkylation sites (N-methyl/N-ethyl adjacent to an activating group) is 1. The third-order valence-corrected chi connectivity index (χ3v) is 5.02. The topological polar surface area (TPSA) is 86.3 Å². The van der Waals surface area contributed by atoms with Crippen molar-refractivity contribution >= 4 is 17.5 Å². The number of rotatable bonds is 11. The molecule has 0 saturated carbocycles. The van der Waals surface area contributed by atoms with Gasteiger partial charge in [-0.25, -0.2) is 4.39 Å². The van der Waals surface area contributed by atoms with Crippen LogP contribution in [0.4, 0.5) is 10.1 Å². The molecule has 9 heteroatoms. The van der Waals surface area contributed by atoms with Crippen LogP contribution in [-0.4, -0.2) is 57.7 Å². The zero-order valence-corrected chi connectivity index (χ0v) is 19.7. The number of para-hydroxylation sites is 3. The zero-order chi connectivity index (χ0) is 25.2. The molecule has 35 heavy (non-hydrogen) atoms. The number of hydrogen-bond donors (Lipinski definition) is 1. The lowest BCUT2D eigenvalue weighted by Gasteiger charge is -2.19. The number of ether oxygens (including phenoxy) is 4. The first kappa shape index (κ1) is 25.4. The molecule has 0 spiro atoms. The second kappa shape index (κ2) is 12.3. The predicted molar refractivity (Wildman–Crippen MR) is 129 cm³/mol. The Morgan fingerprint density at radius 2 is 1.54 bits per heavy atom. The van der Waals surface area contributed by atoms with E-state index in [0.29, 0.717) is 28.5 Å². The Labute approximate surface area is 203 Å². The average Bonchev–Trinajstić information content (AvgIpc) is 2.88. The van der Waals surface area contributed by atoms with E-state index in [9.17, 15) is 14.0 Å². The first-order chi connectivity index (χ1) is 16.9. The summed E-state index contributed by atoms with van der Waals surface area (Å²) in [6.07, 6.45) is 0. The van der Waals surface area contributed by atoms with Gasteiger partial charge >= 0.3 is 0 Å². The number of halogens is 1. The van der Waals surface area contributed by atoms with Crippen LogP contribution in [-0.2, 0) is 4.79 Å². The maximum absolute atomic E-state index is 13.7. The van der Waals surface area contributed by atoms with Gasteiger partial charge in [-0.15, -0.1) is 0 Å². The Hall–Kier alpha value is -4.27. The summed E-state index contributed by atoms with van der Waals surface area (Å²) in [4.78, 5) is 26.6. The third-order valence-electron chi connectivity index (χ3n) is 5.02. The standard InChI is InChI=1S/C26H27FN2O6/c1-29(14-15-34-21-10-6-4-8-19(21)27)26(31)18-12-13-23(24(16-18)33-3)35-17-25(30)28-20-9-5-7-11-22(20)32-2/h4-13,16H,14-15,17H2,1-3H3,(H,28,30). The van der Waals surface area contributed by atoms with Gasteiger partial charge in [0.2, 0.25) is 0 Å². The monoisotopic (exact) mass is 482 g/mol. The summed E-state index contributed by atoms with van der Waals surface area (Å²) in [7, 11) is 4.58. The van der Waals surface area contributed by atoms with Gasteiger partial charge in [0.05, 0.1) is 26.5 Å². The van der Waals surface area contributed by atoms with Gasteiger partial charge in [0, 0.05) is 12.6 Å². The van der Waals surface area contributed by atoms with Gasteiger partial charge < -0.3 is 29.2 Å². The van der Waals surface area contributed by atoms with Crippen molar-refractivity contribution < 1.29 is 32.9 Å². The minimum absolute atomic E-state index is 0.128. The highest BCUT2D eigenvalue weighted by Crippen LogP contribution is 2.29. The molecule has 3 aromatic carbocycles. The molecule has 0 heterocycles. The Kier molecular flexibility index (Phi) is 8.89. The summed E-state index contributed by atoms with van der Waals surface area (Å²) < 4.78 is 35.2. The molecule has 0 aliphatic carbocycles. The molecular weight excluding hydrogens is 455 g/mol. The number of carbonyl (C=O) groups excluding carboxylic acids is 2. The highest BCUT2D eigenvalue weighted by molar-refractivity contribution is 5.95. The Balaban J connectivity index is 1.56. The first-order valence-electron chi connectivity index (χ1n) is 10.8. The summed E-state index contributed by atoms with van der Waals surface area (Å²) in [6, 6.07) is 17.8. The van der Waals surface area contributed by atoms with E-state index < -0.39 is 5.82 Å². The SMILES string of the molecule is COc1ccccc1NC(=O)COc1ccc(C(=O)N(C)CCOc2ccccc2F)cc1OC. The van der Waals surface area contributed by atoms with Crippen molar-refractivity contribution in [2.75, 3.05) is 46.3 Å². The number of methoxy groups -OCH3 is 2. The van der Waals surface area contributed by atoms with Crippen molar-refractivity contribution in [3.8, 4) is 23.0 Å². The van der Waals surface area contributed by atoms with Crippen molar-refractivity contribution in [2.45, 2.75) is 0 Å². The quantitative estimate of drug-likeness (QED) is 0.445. The molecule has 3 rings (SSSR count). The maximum atomic E-state index is 13.7. The summed E-state index contributed by atoms with van der Waals surface area (Å²) >= 11 is 0. The minimum atomic E-state index is -0.460. The van der Waals surface area contributed by atoms with E-state index >= 15 is 0 Å². The third kappa shape index (κ3) is 6.86. The van der Waals surface area contributed by atoms with Gasteiger partial charge in [0.1, 0.15) is 12.4 Å². The van der Waals surface area contributed by atoms with Gasteiger partial charge in [-0.3, -0.25) is 9.59 Å². The second-order valence-corrected chi connectivity index (χ2v) is 7.41. The molecule has 0 aliphatic rings. The fourth-order valence-electron chi connectivity index (χ4n) is 3.17. The molecule has 0 bridgehead atoms. The molecule has 0 radical (unpaired) electrons. The van der Waals surface area contributed by atoms with Crippen molar-refractivity contribution in [3.63, 3.8) is 0 Å². The highest BCUT2D eigenvalue weighted by Gasteiger charge is 2.16. The summed E-state index contributed by atoms with van der Waals surface area (Å²) in [5.41, 5.74) is 0.889. The molecule has 3 aromatic rings. The molecular formula is C26H27FN2O6. The molecule has 0 aromatic heterocycles. The molecule has 0 fully saturated rings. The largest absolute Gasteiger partial charge is 0.495 e. The van der Waals surface area contributed by atoms with Crippen molar-refractivity contribution in [1.82, 2.24) is 4.90 Å². The molecule has 0 aliphatic heterocycles. The zero-order valence-electron chi connectivity index (χ0n) is 19.7. The van der Waals surface area contributed by atoms with E-state index in [2.05, 4.69) is 5.32 Å². The van der Waals surface area contributed by atoms with Gasteiger partial charge in [0.25, 0.3) is 11.8 Å². The van der Waals surface area contributed by atoms with E-state index in [1.165, 1.54) is 37.3 Å². The number of hydrogen-bond acceptors (Lipinski definition) is 6. The highest BCUT2D eigenvalue weighted by atomic mass is 19.1. The summed E-state index contributed by atoms with van der Waals surface area (Å²) in [5, 5.41) is 2.72. The number of carbonyl (C=O) groups is 2. The fraction of sp³-hybridized carbons (Fsp3) is 0.231. The lowest BCUT2D eigenvalue weighted by Crippen LogP contribution is -2.31. The molecule has 8 nitrogen and oxygen atoms in total. The summed E-state index contributed by atoms with van der Waals surface area (Å²) in [6.45, 7) is 0.106. The van der Waals surface area contributed by atoms with Crippen LogP contribution >= 0.6 is 0 Å². The van der Waals surface area contributed by atoms with Gasteiger partial charge in [-0.2, -0.15) is 0 Å². The van der Waals surface area contributed by atoms with E-state index in [4.69, 9.17) is 18.9 Å². The van der Waals surface area contributed by atoms with Crippen molar-refractivity contribution in [2.24, 2.45) is 0 Å². The van der Waals surface area contributed by atoms with Crippen LogP contribution in [0.3, 0.4) is 0 Å². The molecule has 2 amide bonds. The van der Waals surface area contributed by atoms with Crippen LogP contribution in [0, 0.1) is 5.82 Å². The number of nitrogens with one attached hydrogen (secondary N) is 1. The van der Waals surface area contributed by atoms with E-state index in [0.717, 1.165) is 0 Å². The van der Waals surface area contributed by atoms with Crippen LogP contribution in [0.15, 0.2) is 66.7 Å². The first-order valence-corrected chi connectivity index (χ1v) is 10.8. The van der Waals surface area contributed by atoms with Crippen molar-refractivity contribution in [3.05, 3.63) is 78.1 Å². The number of anilines is 1. The van der Waals surface area contributed by atoms with E-state index in [1.807, 2.05) is 0 Å². The summed E-state index contributed by atoms with van der Waals surface area (Å²) in [5.74, 6) is 0.156. The average molecular weight is 483 g/mol. The lowest BCUT2D eigenvalue weighted by atomic mass is 10.1. The van der Waals surface area contributed by atoms with Gasteiger partial charge in [-0.05, 0) is 42.5 Å². The van der Waals surface area contributed by atoms with E-state index in [1.54, 1.807) is 55.6 Å². The van der Waals surface area contributed by atoms with Crippen LogP contribution in [0.1, 0.15) is 10.4 Å². The molecule has 0 unspecified atom stereocenters.